The highest BCUT2D eigenvalue weighted by Crippen LogP contribution is 2.15. The summed E-state index contributed by atoms with van der Waals surface area (Å²) in [5.41, 5.74) is 1.02. The minimum Gasteiger partial charge on any atom is -0.477 e. The molecule has 1 aromatic rings. The molecule has 0 bridgehead atoms. The van der Waals surface area contributed by atoms with Gasteiger partial charge in [0.15, 0.2) is 0 Å². The Balaban J connectivity index is 2.92. The number of carboxylic acids is 1. The number of carboxylic acid groups (broad SMARTS) is 1. The smallest absolute Gasteiger partial charge is 0.354 e. The molecule has 1 aromatic heterocycles. The van der Waals surface area contributed by atoms with Gasteiger partial charge in [0, 0.05) is 25.0 Å². The van der Waals surface area contributed by atoms with Gasteiger partial charge in [0.1, 0.15) is 5.69 Å². The molecule has 1 N–H and O–H groups in total. The van der Waals surface area contributed by atoms with E-state index >= 15 is 0 Å². The molecule has 0 aliphatic rings. The van der Waals surface area contributed by atoms with Crippen molar-refractivity contribution in [2.45, 2.75) is 20.8 Å². The van der Waals surface area contributed by atoms with Crippen molar-refractivity contribution >= 4 is 11.7 Å². The Bertz CT molecular complexity index is 364. The molecule has 1 rings (SSSR count). The summed E-state index contributed by atoms with van der Waals surface area (Å²) in [6.45, 7) is 8.12. The van der Waals surface area contributed by atoms with Crippen LogP contribution in [0.25, 0.3) is 0 Å². The number of anilines is 1. The number of aromatic nitrogens is 1. The third-order valence-corrected chi connectivity index (χ3v) is 2.30. The summed E-state index contributed by atoms with van der Waals surface area (Å²) in [6.07, 6.45) is 1.54. The maximum absolute atomic E-state index is 10.8. The molecule has 4 heteroatoms. The van der Waals surface area contributed by atoms with Crippen molar-refractivity contribution < 1.29 is 9.90 Å². The first-order valence-electron chi connectivity index (χ1n) is 5.49. The maximum atomic E-state index is 10.8. The second-order valence-corrected chi connectivity index (χ2v) is 4.14. The van der Waals surface area contributed by atoms with Crippen LogP contribution in [0.4, 0.5) is 5.69 Å². The molecule has 0 aliphatic carbocycles. The molecule has 0 aromatic carbocycles. The van der Waals surface area contributed by atoms with Crippen molar-refractivity contribution in [3.05, 3.63) is 24.0 Å². The molecule has 0 spiro atoms. The van der Waals surface area contributed by atoms with Gasteiger partial charge in [0.2, 0.25) is 0 Å². The van der Waals surface area contributed by atoms with E-state index in [0.717, 1.165) is 18.8 Å². The molecule has 0 atom stereocenters. The van der Waals surface area contributed by atoms with Gasteiger partial charge in [0.05, 0.1) is 0 Å². The summed E-state index contributed by atoms with van der Waals surface area (Å²) in [5, 5.41) is 8.86. The summed E-state index contributed by atoms with van der Waals surface area (Å²) < 4.78 is 0. The highest BCUT2D eigenvalue weighted by molar-refractivity contribution is 5.86. The van der Waals surface area contributed by atoms with Crippen LogP contribution in [-0.2, 0) is 0 Å². The second-order valence-electron chi connectivity index (χ2n) is 4.14. The first kappa shape index (κ1) is 12.5. The molecule has 4 nitrogen and oxygen atoms in total. The zero-order valence-electron chi connectivity index (χ0n) is 9.97. The molecular weight excluding hydrogens is 204 g/mol. The average molecular weight is 222 g/mol. The van der Waals surface area contributed by atoms with Gasteiger partial charge in [-0.3, -0.25) is 0 Å². The summed E-state index contributed by atoms with van der Waals surface area (Å²) >= 11 is 0. The molecule has 0 saturated carbocycles. The number of nitrogens with zero attached hydrogens (tertiary/aromatic N) is 2. The molecule has 1 heterocycles. The van der Waals surface area contributed by atoms with Gasteiger partial charge in [-0.25, -0.2) is 9.78 Å². The van der Waals surface area contributed by atoms with Gasteiger partial charge in [-0.15, -0.1) is 0 Å². The van der Waals surface area contributed by atoms with E-state index in [9.17, 15) is 4.79 Å². The van der Waals surface area contributed by atoms with E-state index in [2.05, 4.69) is 30.7 Å². The third kappa shape index (κ3) is 3.22. The fourth-order valence-corrected chi connectivity index (χ4v) is 1.59. The Morgan fingerprint density at radius 1 is 1.56 bits per heavy atom. The molecule has 0 unspecified atom stereocenters. The van der Waals surface area contributed by atoms with Crippen molar-refractivity contribution in [3.8, 4) is 0 Å². The summed E-state index contributed by atoms with van der Waals surface area (Å²) in [5.74, 6) is -0.441. The summed E-state index contributed by atoms with van der Waals surface area (Å²) in [6, 6.07) is 3.46. The normalized spacial score (nSPS) is 10.5. The van der Waals surface area contributed by atoms with Crippen molar-refractivity contribution in [2.75, 3.05) is 18.0 Å². The molecular formula is C12H18N2O2. The monoisotopic (exact) mass is 222 g/mol. The lowest BCUT2D eigenvalue weighted by Gasteiger charge is -2.25. The van der Waals surface area contributed by atoms with Crippen molar-refractivity contribution in [1.82, 2.24) is 4.98 Å². The van der Waals surface area contributed by atoms with Crippen molar-refractivity contribution in [2.24, 2.45) is 5.92 Å². The van der Waals surface area contributed by atoms with Gasteiger partial charge < -0.3 is 10.0 Å². The van der Waals surface area contributed by atoms with Crippen LogP contribution in [0.2, 0.25) is 0 Å². The van der Waals surface area contributed by atoms with E-state index in [1.165, 1.54) is 0 Å². The topological polar surface area (TPSA) is 53.4 Å². The lowest BCUT2D eigenvalue weighted by Crippen LogP contribution is -2.27. The molecule has 0 radical (unpaired) electrons. The van der Waals surface area contributed by atoms with Crippen LogP contribution in [0.1, 0.15) is 31.3 Å². The highest BCUT2D eigenvalue weighted by atomic mass is 16.4. The van der Waals surface area contributed by atoms with E-state index in [1.54, 1.807) is 12.3 Å². The molecule has 0 fully saturated rings. The van der Waals surface area contributed by atoms with E-state index in [1.807, 2.05) is 6.07 Å². The lowest BCUT2D eigenvalue weighted by molar-refractivity contribution is 0.0690. The minimum atomic E-state index is -0.984. The molecule has 16 heavy (non-hydrogen) atoms. The predicted octanol–water partition coefficient (Wildman–Crippen LogP) is 2.26. The van der Waals surface area contributed by atoms with E-state index in [-0.39, 0.29) is 5.69 Å². The Kier molecular flexibility index (Phi) is 4.28. The first-order chi connectivity index (χ1) is 7.54. The number of rotatable bonds is 5. The van der Waals surface area contributed by atoms with E-state index in [0.29, 0.717) is 5.92 Å². The van der Waals surface area contributed by atoms with E-state index < -0.39 is 5.97 Å². The van der Waals surface area contributed by atoms with Gasteiger partial charge in [0.25, 0.3) is 0 Å². The summed E-state index contributed by atoms with van der Waals surface area (Å²) in [4.78, 5) is 16.8. The highest BCUT2D eigenvalue weighted by Gasteiger charge is 2.10. The van der Waals surface area contributed by atoms with Crippen LogP contribution >= 0.6 is 0 Å². The quantitative estimate of drug-likeness (QED) is 0.830. The maximum Gasteiger partial charge on any atom is 0.354 e. The molecule has 0 aliphatic heterocycles. The van der Waals surface area contributed by atoms with E-state index in [4.69, 9.17) is 5.11 Å². The lowest BCUT2D eigenvalue weighted by atomic mass is 10.2. The zero-order chi connectivity index (χ0) is 12.1. The number of hydrogen-bond acceptors (Lipinski definition) is 3. The van der Waals surface area contributed by atoms with Crippen LogP contribution in [0, 0.1) is 5.92 Å². The Hall–Kier alpha value is -1.58. The van der Waals surface area contributed by atoms with Crippen LogP contribution in [0.5, 0.6) is 0 Å². The van der Waals surface area contributed by atoms with Crippen LogP contribution in [-0.4, -0.2) is 29.1 Å². The Morgan fingerprint density at radius 2 is 2.25 bits per heavy atom. The van der Waals surface area contributed by atoms with Crippen LogP contribution < -0.4 is 4.90 Å². The predicted molar refractivity (Wildman–Crippen MR) is 63.9 cm³/mol. The Morgan fingerprint density at radius 3 is 2.75 bits per heavy atom. The number of pyridine rings is 1. The second kappa shape index (κ2) is 5.49. The third-order valence-electron chi connectivity index (χ3n) is 2.30. The fraction of sp³-hybridized carbons (Fsp3) is 0.500. The van der Waals surface area contributed by atoms with Gasteiger partial charge >= 0.3 is 5.97 Å². The molecule has 0 amide bonds. The number of hydrogen-bond donors (Lipinski definition) is 1. The largest absolute Gasteiger partial charge is 0.477 e. The SMILES string of the molecule is CCN(CC(C)C)c1ccnc(C(=O)O)c1. The standard InChI is InChI=1S/C12H18N2O2/c1-4-14(8-9(2)3)10-5-6-13-11(7-10)12(15)16/h5-7,9H,4,8H2,1-3H3,(H,15,16). The molecule has 0 saturated heterocycles. The first-order valence-corrected chi connectivity index (χ1v) is 5.49. The van der Waals surface area contributed by atoms with Gasteiger partial charge in [-0.2, -0.15) is 0 Å². The van der Waals surface area contributed by atoms with Crippen LogP contribution in [0.15, 0.2) is 18.3 Å². The van der Waals surface area contributed by atoms with Gasteiger partial charge in [-0.1, -0.05) is 13.8 Å². The van der Waals surface area contributed by atoms with Crippen molar-refractivity contribution in [1.29, 1.82) is 0 Å². The average Bonchev–Trinajstić information content (AvgIpc) is 2.25. The fourth-order valence-electron chi connectivity index (χ4n) is 1.59. The van der Waals surface area contributed by atoms with Crippen LogP contribution in [0.3, 0.4) is 0 Å². The number of aromatic carboxylic acids is 1. The zero-order valence-corrected chi connectivity index (χ0v) is 9.97. The molecule has 88 valence electrons. The van der Waals surface area contributed by atoms with Gasteiger partial charge in [-0.05, 0) is 25.0 Å². The number of carbonyl (C=O) groups is 1. The summed E-state index contributed by atoms with van der Waals surface area (Å²) in [7, 11) is 0. The Labute approximate surface area is 95.9 Å². The van der Waals surface area contributed by atoms with Crippen molar-refractivity contribution in [3.63, 3.8) is 0 Å². The minimum absolute atomic E-state index is 0.0970.